The maximum Gasteiger partial charge on any atom is 0.167 e. The van der Waals surface area contributed by atoms with Gasteiger partial charge in [0, 0.05) is 23.9 Å². The highest BCUT2D eigenvalue weighted by atomic mass is 16.5. The Morgan fingerprint density at radius 2 is 2.35 bits per heavy atom. The maximum absolute atomic E-state index is 12.4. The molecule has 0 aromatic heterocycles. The molecule has 2 atom stereocenters. The lowest BCUT2D eigenvalue weighted by Crippen LogP contribution is -2.28. The number of carbonyl (C=O) groups excluding carboxylic acids is 1. The van der Waals surface area contributed by atoms with Gasteiger partial charge in [0.2, 0.25) is 0 Å². The molecule has 0 spiro atoms. The first-order chi connectivity index (χ1) is 8.25. The number of nitrogens with one attached hydrogen (secondary N) is 1. The number of hydrogen-bond donors (Lipinski definition) is 1. The molecular weight excluding hydrogens is 214 g/mol. The zero-order valence-corrected chi connectivity index (χ0v) is 10.0. The van der Waals surface area contributed by atoms with E-state index >= 15 is 0 Å². The van der Waals surface area contributed by atoms with Gasteiger partial charge in [-0.25, -0.2) is 0 Å². The van der Waals surface area contributed by atoms with E-state index < -0.39 is 0 Å². The number of ketones is 1. The summed E-state index contributed by atoms with van der Waals surface area (Å²) >= 11 is 0. The Morgan fingerprint density at radius 3 is 3.12 bits per heavy atom. The molecular formula is C14H17NO2. The molecule has 0 radical (unpaired) electrons. The lowest BCUT2D eigenvalue weighted by Gasteiger charge is -2.14. The number of rotatable bonds is 2. The van der Waals surface area contributed by atoms with Gasteiger partial charge in [0.05, 0.1) is 6.61 Å². The molecule has 17 heavy (non-hydrogen) atoms. The molecule has 2 unspecified atom stereocenters. The topological polar surface area (TPSA) is 38.3 Å². The van der Waals surface area contributed by atoms with Crippen molar-refractivity contribution >= 4 is 5.78 Å². The molecule has 90 valence electrons. The van der Waals surface area contributed by atoms with Crippen LogP contribution in [0.3, 0.4) is 0 Å². The van der Waals surface area contributed by atoms with Crippen molar-refractivity contribution in [2.24, 2.45) is 5.92 Å². The van der Waals surface area contributed by atoms with Crippen LogP contribution in [0.4, 0.5) is 0 Å². The van der Waals surface area contributed by atoms with Gasteiger partial charge in [0.1, 0.15) is 5.75 Å². The van der Waals surface area contributed by atoms with E-state index in [-0.39, 0.29) is 11.7 Å². The Hall–Kier alpha value is -1.35. The summed E-state index contributed by atoms with van der Waals surface area (Å²) in [7, 11) is 0. The van der Waals surface area contributed by atoms with E-state index in [2.05, 4.69) is 12.2 Å². The monoisotopic (exact) mass is 231 g/mol. The minimum Gasteiger partial charge on any atom is -0.493 e. The minimum absolute atomic E-state index is 0.135. The molecule has 2 aliphatic rings. The second kappa shape index (κ2) is 4.15. The van der Waals surface area contributed by atoms with Gasteiger partial charge < -0.3 is 10.1 Å². The SMILES string of the molecule is CC1NCCC1C(=O)c1ccc2c(c1)CCO2. The fourth-order valence-corrected chi connectivity index (χ4v) is 2.77. The van der Waals surface area contributed by atoms with Crippen LogP contribution in [-0.2, 0) is 6.42 Å². The fourth-order valence-electron chi connectivity index (χ4n) is 2.77. The normalized spacial score (nSPS) is 26.6. The zero-order chi connectivity index (χ0) is 11.8. The highest BCUT2D eigenvalue weighted by molar-refractivity contribution is 5.98. The highest BCUT2D eigenvalue weighted by Gasteiger charge is 2.30. The third-order valence-electron chi connectivity index (χ3n) is 3.84. The number of Topliss-reactive ketones (excluding diaryl/α,β-unsaturated/α-hetero) is 1. The summed E-state index contributed by atoms with van der Waals surface area (Å²) in [6.07, 6.45) is 1.88. The number of carbonyl (C=O) groups is 1. The number of ether oxygens (including phenoxy) is 1. The van der Waals surface area contributed by atoms with Crippen molar-refractivity contribution in [3.05, 3.63) is 29.3 Å². The maximum atomic E-state index is 12.4. The summed E-state index contributed by atoms with van der Waals surface area (Å²) in [4.78, 5) is 12.4. The Kier molecular flexibility index (Phi) is 2.63. The van der Waals surface area contributed by atoms with Gasteiger partial charge in [-0.2, -0.15) is 0 Å². The van der Waals surface area contributed by atoms with E-state index in [9.17, 15) is 4.79 Å². The third kappa shape index (κ3) is 1.84. The van der Waals surface area contributed by atoms with Crippen LogP contribution in [0.15, 0.2) is 18.2 Å². The van der Waals surface area contributed by atoms with Gasteiger partial charge in [-0.15, -0.1) is 0 Å². The van der Waals surface area contributed by atoms with Crippen molar-refractivity contribution in [2.45, 2.75) is 25.8 Å². The molecule has 0 aliphatic carbocycles. The van der Waals surface area contributed by atoms with E-state index in [1.807, 2.05) is 18.2 Å². The molecule has 0 bridgehead atoms. The van der Waals surface area contributed by atoms with Gasteiger partial charge in [-0.1, -0.05) is 0 Å². The molecule has 0 saturated carbocycles. The summed E-state index contributed by atoms with van der Waals surface area (Å²) in [5, 5.41) is 3.33. The lowest BCUT2D eigenvalue weighted by atomic mass is 9.91. The molecule has 1 N–H and O–H groups in total. The second-order valence-electron chi connectivity index (χ2n) is 4.92. The number of benzene rings is 1. The Labute approximate surface area is 101 Å². The van der Waals surface area contributed by atoms with Crippen molar-refractivity contribution in [1.82, 2.24) is 5.32 Å². The second-order valence-corrected chi connectivity index (χ2v) is 4.92. The van der Waals surface area contributed by atoms with Crippen LogP contribution < -0.4 is 10.1 Å². The van der Waals surface area contributed by atoms with Gasteiger partial charge in [-0.05, 0) is 43.7 Å². The summed E-state index contributed by atoms with van der Waals surface area (Å²) in [5.41, 5.74) is 2.02. The zero-order valence-electron chi connectivity index (χ0n) is 10.0. The summed E-state index contributed by atoms with van der Waals surface area (Å²) in [5.74, 6) is 1.35. The van der Waals surface area contributed by atoms with Crippen LogP contribution in [-0.4, -0.2) is 25.0 Å². The van der Waals surface area contributed by atoms with Crippen LogP contribution in [0.5, 0.6) is 5.75 Å². The van der Waals surface area contributed by atoms with E-state index in [1.165, 1.54) is 5.56 Å². The largest absolute Gasteiger partial charge is 0.493 e. The first-order valence-electron chi connectivity index (χ1n) is 6.29. The standard InChI is InChI=1S/C14H17NO2/c1-9-12(4-6-15-9)14(16)11-2-3-13-10(8-11)5-7-17-13/h2-3,8-9,12,15H,4-7H2,1H3. The molecule has 2 heterocycles. The average molecular weight is 231 g/mol. The van der Waals surface area contributed by atoms with Crippen LogP contribution in [0.2, 0.25) is 0 Å². The first kappa shape index (κ1) is 10.8. The molecule has 1 aromatic carbocycles. The fraction of sp³-hybridized carbons (Fsp3) is 0.500. The van der Waals surface area contributed by atoms with E-state index in [0.717, 1.165) is 37.3 Å². The Balaban J connectivity index is 1.86. The van der Waals surface area contributed by atoms with Crippen LogP contribution in [0.1, 0.15) is 29.3 Å². The summed E-state index contributed by atoms with van der Waals surface area (Å²) in [6, 6.07) is 6.14. The first-order valence-corrected chi connectivity index (χ1v) is 6.29. The lowest BCUT2D eigenvalue weighted by molar-refractivity contribution is 0.0914. The molecule has 1 aromatic rings. The van der Waals surface area contributed by atoms with Crippen molar-refractivity contribution < 1.29 is 9.53 Å². The number of hydrogen-bond acceptors (Lipinski definition) is 3. The van der Waals surface area contributed by atoms with Crippen molar-refractivity contribution in [1.29, 1.82) is 0 Å². The smallest absolute Gasteiger partial charge is 0.167 e. The third-order valence-corrected chi connectivity index (χ3v) is 3.84. The predicted molar refractivity (Wildman–Crippen MR) is 65.5 cm³/mol. The van der Waals surface area contributed by atoms with Crippen molar-refractivity contribution in [2.75, 3.05) is 13.2 Å². The summed E-state index contributed by atoms with van der Waals surface area (Å²) < 4.78 is 5.46. The van der Waals surface area contributed by atoms with Gasteiger partial charge >= 0.3 is 0 Å². The molecule has 2 aliphatic heterocycles. The van der Waals surface area contributed by atoms with Crippen molar-refractivity contribution in [3.8, 4) is 5.75 Å². The quantitative estimate of drug-likeness (QED) is 0.789. The van der Waals surface area contributed by atoms with Crippen LogP contribution in [0, 0.1) is 5.92 Å². The number of fused-ring (bicyclic) bond motifs is 1. The van der Waals surface area contributed by atoms with Gasteiger partial charge in [0.15, 0.2) is 5.78 Å². The molecule has 3 heteroatoms. The molecule has 1 fully saturated rings. The highest BCUT2D eigenvalue weighted by Crippen LogP contribution is 2.28. The van der Waals surface area contributed by atoms with Crippen molar-refractivity contribution in [3.63, 3.8) is 0 Å². The van der Waals surface area contributed by atoms with Crippen LogP contribution in [0.25, 0.3) is 0 Å². The molecule has 3 nitrogen and oxygen atoms in total. The van der Waals surface area contributed by atoms with E-state index in [1.54, 1.807) is 0 Å². The van der Waals surface area contributed by atoms with Gasteiger partial charge in [-0.3, -0.25) is 4.79 Å². The predicted octanol–water partition coefficient (Wildman–Crippen LogP) is 1.80. The minimum atomic E-state index is 0.135. The van der Waals surface area contributed by atoms with Crippen LogP contribution >= 0.6 is 0 Å². The van der Waals surface area contributed by atoms with Gasteiger partial charge in [0.25, 0.3) is 0 Å². The molecule has 1 saturated heterocycles. The molecule has 3 rings (SSSR count). The summed E-state index contributed by atoms with van der Waals surface area (Å²) in [6.45, 7) is 3.78. The Morgan fingerprint density at radius 1 is 1.47 bits per heavy atom. The van der Waals surface area contributed by atoms with E-state index in [4.69, 9.17) is 4.74 Å². The Bertz CT molecular complexity index is 456. The van der Waals surface area contributed by atoms with E-state index in [0.29, 0.717) is 6.04 Å². The molecule has 0 amide bonds. The average Bonchev–Trinajstić information content (AvgIpc) is 2.95.